The van der Waals surface area contributed by atoms with Crippen molar-refractivity contribution in [1.82, 2.24) is 19.7 Å². The second-order valence-corrected chi connectivity index (χ2v) is 9.12. The number of rotatable bonds is 8. The number of benzene rings is 3. The van der Waals surface area contributed by atoms with Crippen LogP contribution < -0.4 is 14.8 Å². The van der Waals surface area contributed by atoms with Gasteiger partial charge in [0.15, 0.2) is 0 Å². The number of ether oxygens (including phenoxy) is 1. The molecule has 0 atom stereocenters. The van der Waals surface area contributed by atoms with E-state index in [2.05, 4.69) is 15.6 Å². The molecule has 174 valence electrons. The summed E-state index contributed by atoms with van der Waals surface area (Å²) in [7, 11) is -4.08. The molecule has 0 unspecified atom stereocenters. The number of nitrogens with one attached hydrogen (secondary N) is 2. The van der Waals surface area contributed by atoms with E-state index in [9.17, 15) is 18.0 Å². The van der Waals surface area contributed by atoms with Crippen LogP contribution >= 0.6 is 0 Å². The molecule has 0 fully saturated rings. The van der Waals surface area contributed by atoms with Crippen LogP contribution in [0.5, 0.6) is 5.75 Å². The highest BCUT2D eigenvalue weighted by molar-refractivity contribution is 7.90. The van der Waals surface area contributed by atoms with Gasteiger partial charge in [0, 0.05) is 12.6 Å². The molecule has 0 aliphatic heterocycles. The quantitative estimate of drug-likeness (QED) is 0.397. The second kappa shape index (κ2) is 9.71. The van der Waals surface area contributed by atoms with Crippen molar-refractivity contribution in [3.63, 3.8) is 0 Å². The summed E-state index contributed by atoms with van der Waals surface area (Å²) in [6.45, 7) is 1.14. The number of carbonyl (C=O) groups excluding carboxylic acids is 2. The maximum atomic E-state index is 12.4. The Morgan fingerprint density at radius 2 is 1.74 bits per heavy atom. The summed E-state index contributed by atoms with van der Waals surface area (Å²) in [5.41, 5.74) is 0.927. The van der Waals surface area contributed by atoms with Crippen LogP contribution in [0, 0.1) is 0 Å². The highest BCUT2D eigenvalue weighted by atomic mass is 32.2. The van der Waals surface area contributed by atoms with Crippen LogP contribution in [0.1, 0.15) is 12.6 Å². The van der Waals surface area contributed by atoms with Crippen molar-refractivity contribution in [2.75, 3.05) is 5.32 Å². The molecule has 1 heterocycles. The van der Waals surface area contributed by atoms with Gasteiger partial charge in [0.25, 0.3) is 15.9 Å². The largest absolute Gasteiger partial charge is 0.487 e. The fraction of sp³-hybridized carbons (Fsp3) is 0.130. The Labute approximate surface area is 195 Å². The van der Waals surface area contributed by atoms with Crippen molar-refractivity contribution in [1.29, 1.82) is 0 Å². The zero-order valence-electron chi connectivity index (χ0n) is 18.1. The van der Waals surface area contributed by atoms with Crippen molar-refractivity contribution in [3.05, 3.63) is 78.6 Å². The van der Waals surface area contributed by atoms with E-state index in [0.29, 0.717) is 17.1 Å². The number of hydrogen-bond donors (Lipinski definition) is 2. The maximum absolute atomic E-state index is 12.4. The smallest absolute Gasteiger partial charge is 0.264 e. The fourth-order valence-electron chi connectivity index (χ4n) is 3.21. The minimum atomic E-state index is -4.08. The Morgan fingerprint density at radius 3 is 2.47 bits per heavy atom. The Morgan fingerprint density at radius 1 is 1.00 bits per heavy atom. The Hall–Kier alpha value is -4.25. The third-order valence-electron chi connectivity index (χ3n) is 4.73. The van der Waals surface area contributed by atoms with Crippen molar-refractivity contribution >= 4 is 38.3 Å². The van der Waals surface area contributed by atoms with E-state index in [1.807, 2.05) is 47.2 Å². The van der Waals surface area contributed by atoms with E-state index in [1.165, 1.54) is 42.1 Å². The molecule has 34 heavy (non-hydrogen) atoms. The number of sulfonamides is 1. The Kier molecular flexibility index (Phi) is 6.55. The van der Waals surface area contributed by atoms with Gasteiger partial charge in [0.05, 0.1) is 11.1 Å². The molecule has 2 amide bonds. The van der Waals surface area contributed by atoms with Crippen LogP contribution in [0.2, 0.25) is 0 Å². The van der Waals surface area contributed by atoms with Gasteiger partial charge in [-0.05, 0) is 47.2 Å². The molecule has 1 aromatic heterocycles. The van der Waals surface area contributed by atoms with Crippen LogP contribution in [0.4, 0.5) is 5.69 Å². The molecule has 0 spiro atoms. The highest BCUT2D eigenvalue weighted by Crippen LogP contribution is 2.21. The van der Waals surface area contributed by atoms with Gasteiger partial charge in [-0.25, -0.2) is 17.8 Å². The van der Waals surface area contributed by atoms with Crippen molar-refractivity contribution in [2.24, 2.45) is 0 Å². The molecule has 4 aromatic rings. The van der Waals surface area contributed by atoms with Gasteiger partial charge in [-0.3, -0.25) is 9.59 Å². The summed E-state index contributed by atoms with van der Waals surface area (Å²) < 4.78 is 33.8. The predicted octanol–water partition coefficient (Wildman–Crippen LogP) is 2.47. The monoisotopic (exact) mass is 479 g/mol. The SMILES string of the molecule is CC(=O)Nc1ccc(S(=O)(=O)NC(=O)Cn2cc(COc3ccc4ccccc4c3)nn2)cc1. The first-order valence-corrected chi connectivity index (χ1v) is 11.7. The van der Waals surface area contributed by atoms with Crippen LogP contribution in [0.15, 0.2) is 77.8 Å². The number of nitrogens with zero attached hydrogens (tertiary/aromatic N) is 3. The van der Waals surface area contributed by atoms with E-state index in [1.54, 1.807) is 0 Å². The normalized spacial score (nSPS) is 11.2. The lowest BCUT2D eigenvalue weighted by Gasteiger charge is -2.08. The Balaban J connectivity index is 1.32. The van der Waals surface area contributed by atoms with E-state index < -0.39 is 15.9 Å². The van der Waals surface area contributed by atoms with Gasteiger partial charge in [0.2, 0.25) is 5.91 Å². The van der Waals surface area contributed by atoms with Crippen molar-refractivity contribution in [2.45, 2.75) is 25.0 Å². The molecular formula is C23H21N5O5S. The van der Waals surface area contributed by atoms with E-state index in [4.69, 9.17) is 4.74 Å². The van der Waals surface area contributed by atoms with Crippen LogP contribution in [0.25, 0.3) is 10.8 Å². The van der Waals surface area contributed by atoms with Crippen molar-refractivity contribution in [3.8, 4) is 5.75 Å². The van der Waals surface area contributed by atoms with Gasteiger partial charge in [-0.1, -0.05) is 35.5 Å². The molecule has 3 aromatic carbocycles. The lowest BCUT2D eigenvalue weighted by Crippen LogP contribution is -2.33. The van der Waals surface area contributed by atoms with Crippen LogP contribution in [-0.4, -0.2) is 35.2 Å². The van der Waals surface area contributed by atoms with Gasteiger partial charge in [0.1, 0.15) is 24.6 Å². The minimum Gasteiger partial charge on any atom is -0.487 e. The summed E-state index contributed by atoms with van der Waals surface area (Å²) in [6, 6.07) is 19.1. The third-order valence-corrected chi connectivity index (χ3v) is 6.12. The molecule has 4 rings (SSSR count). The van der Waals surface area contributed by atoms with Crippen LogP contribution in [0.3, 0.4) is 0 Å². The molecule has 11 heteroatoms. The van der Waals surface area contributed by atoms with E-state index >= 15 is 0 Å². The molecule has 0 radical (unpaired) electrons. The number of fused-ring (bicyclic) bond motifs is 1. The fourth-order valence-corrected chi connectivity index (χ4v) is 4.18. The first kappa shape index (κ1) is 22.9. The molecule has 0 aliphatic carbocycles. The summed E-state index contributed by atoms with van der Waals surface area (Å²) in [4.78, 5) is 23.2. The number of aromatic nitrogens is 3. The predicted molar refractivity (Wildman–Crippen MR) is 124 cm³/mol. The summed E-state index contributed by atoms with van der Waals surface area (Å²) >= 11 is 0. The van der Waals surface area contributed by atoms with E-state index in [-0.39, 0.29) is 24.0 Å². The molecule has 0 saturated carbocycles. The lowest BCUT2D eigenvalue weighted by molar-refractivity contribution is -0.120. The molecule has 2 N–H and O–H groups in total. The zero-order valence-corrected chi connectivity index (χ0v) is 19.0. The number of hydrogen-bond acceptors (Lipinski definition) is 7. The first-order chi connectivity index (χ1) is 16.3. The van der Waals surface area contributed by atoms with Gasteiger partial charge < -0.3 is 10.1 Å². The maximum Gasteiger partial charge on any atom is 0.264 e. The molecule has 10 nitrogen and oxygen atoms in total. The first-order valence-electron chi connectivity index (χ1n) is 10.2. The minimum absolute atomic E-state index is 0.113. The van der Waals surface area contributed by atoms with Gasteiger partial charge in [-0.15, -0.1) is 5.10 Å². The van der Waals surface area contributed by atoms with Gasteiger partial charge in [-0.2, -0.15) is 0 Å². The van der Waals surface area contributed by atoms with E-state index in [0.717, 1.165) is 10.8 Å². The lowest BCUT2D eigenvalue weighted by atomic mass is 10.1. The number of carbonyl (C=O) groups is 2. The second-order valence-electron chi connectivity index (χ2n) is 7.44. The van der Waals surface area contributed by atoms with Crippen molar-refractivity contribution < 1.29 is 22.7 Å². The van der Waals surface area contributed by atoms with Gasteiger partial charge >= 0.3 is 0 Å². The highest BCUT2D eigenvalue weighted by Gasteiger charge is 2.18. The summed E-state index contributed by atoms with van der Waals surface area (Å²) in [6.07, 6.45) is 1.51. The Bertz CT molecular complexity index is 1450. The third kappa shape index (κ3) is 5.75. The summed E-state index contributed by atoms with van der Waals surface area (Å²) in [5, 5.41) is 12.5. The standard InChI is InChI=1S/C23H21N5O5S/c1-16(29)24-19-7-10-22(11-8-19)34(31,32)26-23(30)14-28-13-20(25-27-28)15-33-21-9-6-17-4-2-3-5-18(17)12-21/h2-13H,14-15H2,1H3,(H,24,29)(H,26,30). The number of amides is 2. The molecule has 0 bridgehead atoms. The average molecular weight is 480 g/mol. The average Bonchev–Trinajstić information content (AvgIpc) is 3.24. The molecular weight excluding hydrogens is 458 g/mol. The zero-order chi connectivity index (χ0) is 24.1. The summed E-state index contributed by atoms with van der Waals surface area (Å²) in [5.74, 6) is -0.391. The molecule has 0 aliphatic rings. The number of anilines is 1. The topological polar surface area (TPSA) is 132 Å². The van der Waals surface area contributed by atoms with Crippen LogP contribution in [-0.2, 0) is 32.8 Å². The molecule has 0 saturated heterocycles.